The van der Waals surface area contributed by atoms with Gasteiger partial charge in [0, 0.05) is 22.8 Å². The molecule has 43 heavy (non-hydrogen) atoms. The van der Waals surface area contributed by atoms with Gasteiger partial charge in [0.1, 0.15) is 5.75 Å². The number of benzene rings is 4. The molecule has 0 saturated heterocycles. The predicted octanol–water partition coefficient (Wildman–Crippen LogP) is 7.31. The van der Waals surface area contributed by atoms with Crippen LogP contribution in [0.15, 0.2) is 108 Å². The van der Waals surface area contributed by atoms with Crippen LogP contribution in [0.25, 0.3) is 0 Å². The number of para-hydroxylation sites is 1. The van der Waals surface area contributed by atoms with Crippen LogP contribution in [0.3, 0.4) is 0 Å². The van der Waals surface area contributed by atoms with Crippen LogP contribution in [0.4, 0.5) is 11.4 Å². The zero-order chi connectivity index (χ0) is 29.6. The smallest absolute Gasteiger partial charge is 0.260 e. The third-order valence-corrected chi connectivity index (χ3v) is 9.31. The number of hydrogen-bond donors (Lipinski definition) is 0. The fourth-order valence-electron chi connectivity index (χ4n) is 7.32. The number of carbonyl (C=O) groups is 2. The average molecular weight is 570 g/mol. The molecule has 2 heterocycles. The van der Waals surface area contributed by atoms with Gasteiger partial charge in [0.2, 0.25) is 0 Å². The van der Waals surface area contributed by atoms with Gasteiger partial charge in [0.05, 0.1) is 30.9 Å². The molecular formula is C37H35N3O3. The Hall–Kier alpha value is -4.71. The van der Waals surface area contributed by atoms with Gasteiger partial charge in [-0.1, -0.05) is 72.6 Å². The van der Waals surface area contributed by atoms with E-state index >= 15 is 9.59 Å². The van der Waals surface area contributed by atoms with E-state index in [1.165, 1.54) is 0 Å². The van der Waals surface area contributed by atoms with Gasteiger partial charge in [0.25, 0.3) is 5.91 Å². The van der Waals surface area contributed by atoms with Gasteiger partial charge in [-0.2, -0.15) is 5.10 Å². The second-order valence-corrected chi connectivity index (χ2v) is 11.8. The van der Waals surface area contributed by atoms with E-state index in [2.05, 4.69) is 12.1 Å². The minimum absolute atomic E-state index is 0.0368. The van der Waals surface area contributed by atoms with Crippen molar-refractivity contribution in [2.24, 2.45) is 16.9 Å². The highest BCUT2D eigenvalue weighted by Gasteiger charge is 2.66. The van der Waals surface area contributed by atoms with Gasteiger partial charge in [-0.25, -0.2) is 5.01 Å². The van der Waals surface area contributed by atoms with Crippen molar-refractivity contribution >= 4 is 28.8 Å². The monoisotopic (exact) mass is 569 g/mol. The van der Waals surface area contributed by atoms with Crippen LogP contribution in [-0.2, 0) is 16.9 Å². The molecule has 1 amide bonds. The van der Waals surface area contributed by atoms with E-state index in [-0.39, 0.29) is 17.6 Å². The highest BCUT2D eigenvalue weighted by Crippen LogP contribution is 2.57. The van der Waals surface area contributed by atoms with Crippen molar-refractivity contribution in [2.45, 2.75) is 44.7 Å². The van der Waals surface area contributed by atoms with Crippen molar-refractivity contribution in [1.29, 1.82) is 0 Å². The number of aryl methyl sites for hydroxylation is 1. The number of anilines is 2. The van der Waals surface area contributed by atoms with E-state index in [1.807, 2.05) is 108 Å². The standard InChI is InChI=1S/C37H35N3O3/c1-25-17-22-33-31(23-25)37(36(42)39(33)24-26-11-5-3-6-12-26)34(35(41)27-18-20-29(43-2)21-19-27)30-15-9-10-16-32(30)38-40(37)28-13-7-4-8-14-28/h3-8,11-14,17-23,30,34H,9-10,15-16,24H2,1-2H3/t30-,34+,37-/m0/s1. The molecule has 0 aromatic heterocycles. The van der Waals surface area contributed by atoms with Gasteiger partial charge in [-0.05, 0) is 74.2 Å². The summed E-state index contributed by atoms with van der Waals surface area (Å²) in [5, 5.41) is 7.22. The highest BCUT2D eigenvalue weighted by atomic mass is 16.5. The maximum absolute atomic E-state index is 15.4. The fourth-order valence-corrected chi connectivity index (χ4v) is 7.32. The van der Waals surface area contributed by atoms with E-state index in [4.69, 9.17) is 9.84 Å². The van der Waals surface area contributed by atoms with Crippen LogP contribution in [0.2, 0.25) is 0 Å². The van der Waals surface area contributed by atoms with Gasteiger partial charge in [-0.3, -0.25) is 9.59 Å². The quantitative estimate of drug-likeness (QED) is 0.229. The van der Waals surface area contributed by atoms with Crippen LogP contribution in [0.1, 0.15) is 52.7 Å². The summed E-state index contributed by atoms with van der Waals surface area (Å²) in [6.45, 7) is 2.45. The third-order valence-electron chi connectivity index (χ3n) is 9.31. The SMILES string of the molecule is COc1ccc(C(=O)[C@H]2[C@H]3CCCCC3=NN(c3ccccc3)[C@]23C(=O)N(Cc2ccccc2)c2ccc(C)cc23)cc1. The molecule has 7 rings (SSSR count). The Morgan fingerprint density at radius 2 is 1.65 bits per heavy atom. The lowest BCUT2D eigenvalue weighted by molar-refractivity contribution is -0.125. The minimum Gasteiger partial charge on any atom is -0.497 e. The molecule has 216 valence electrons. The first-order valence-electron chi connectivity index (χ1n) is 15.1. The Morgan fingerprint density at radius 1 is 0.930 bits per heavy atom. The number of nitrogens with zero attached hydrogens (tertiary/aromatic N) is 3. The molecule has 1 saturated carbocycles. The van der Waals surface area contributed by atoms with Crippen LogP contribution in [0, 0.1) is 18.8 Å². The maximum Gasteiger partial charge on any atom is 0.260 e. The lowest BCUT2D eigenvalue weighted by Crippen LogP contribution is -2.64. The van der Waals surface area contributed by atoms with Gasteiger partial charge < -0.3 is 9.64 Å². The Morgan fingerprint density at radius 3 is 2.37 bits per heavy atom. The number of carbonyl (C=O) groups excluding carboxylic acids is 2. The van der Waals surface area contributed by atoms with Gasteiger partial charge >= 0.3 is 0 Å². The summed E-state index contributed by atoms with van der Waals surface area (Å²) in [4.78, 5) is 32.3. The molecule has 6 heteroatoms. The summed E-state index contributed by atoms with van der Waals surface area (Å²) in [5.74, 6) is -0.265. The number of methoxy groups -OCH3 is 1. The number of ether oxygens (including phenoxy) is 1. The summed E-state index contributed by atoms with van der Waals surface area (Å²) in [6.07, 6.45) is 3.67. The fraction of sp³-hybridized carbons (Fsp3) is 0.270. The number of Topliss-reactive ketones (excluding diaryl/α,β-unsaturated/α-hetero) is 1. The molecule has 1 spiro atoms. The van der Waals surface area contributed by atoms with Crippen LogP contribution in [-0.4, -0.2) is 24.5 Å². The number of fused-ring (bicyclic) bond motifs is 3. The normalized spacial score (nSPS) is 22.7. The summed E-state index contributed by atoms with van der Waals surface area (Å²) < 4.78 is 5.40. The van der Waals surface area contributed by atoms with E-state index < -0.39 is 11.5 Å². The average Bonchev–Trinajstić information content (AvgIpc) is 3.28. The molecule has 4 aromatic rings. The van der Waals surface area contributed by atoms with E-state index in [0.717, 1.165) is 59.5 Å². The molecule has 0 unspecified atom stereocenters. The van der Waals surface area contributed by atoms with Crippen molar-refractivity contribution in [3.63, 3.8) is 0 Å². The molecule has 0 N–H and O–H groups in total. The Kier molecular flexibility index (Phi) is 6.85. The molecule has 0 bridgehead atoms. The van der Waals surface area contributed by atoms with Crippen LogP contribution in [0.5, 0.6) is 5.75 Å². The molecular weight excluding hydrogens is 534 g/mol. The highest BCUT2D eigenvalue weighted by molar-refractivity contribution is 6.16. The first-order chi connectivity index (χ1) is 21.0. The van der Waals surface area contributed by atoms with E-state index in [9.17, 15) is 0 Å². The maximum atomic E-state index is 15.4. The first kappa shape index (κ1) is 27.1. The Bertz CT molecular complexity index is 1700. The van der Waals surface area contributed by atoms with Gasteiger partial charge in [0.15, 0.2) is 11.3 Å². The number of rotatable bonds is 6. The lowest BCUT2D eigenvalue weighted by Gasteiger charge is -2.50. The topological polar surface area (TPSA) is 62.2 Å². The number of hydrazone groups is 1. The summed E-state index contributed by atoms with van der Waals surface area (Å²) in [7, 11) is 1.62. The molecule has 0 radical (unpaired) electrons. The molecule has 2 aliphatic heterocycles. The predicted molar refractivity (Wildman–Crippen MR) is 170 cm³/mol. The van der Waals surface area contributed by atoms with Crippen molar-refractivity contribution in [3.05, 3.63) is 125 Å². The second kappa shape index (κ2) is 10.8. The van der Waals surface area contributed by atoms with E-state index in [0.29, 0.717) is 17.9 Å². The molecule has 3 aliphatic rings. The van der Waals surface area contributed by atoms with Gasteiger partial charge in [-0.15, -0.1) is 0 Å². The summed E-state index contributed by atoms with van der Waals surface area (Å²) in [6, 6.07) is 33.4. The molecule has 4 aromatic carbocycles. The van der Waals surface area contributed by atoms with Crippen molar-refractivity contribution < 1.29 is 14.3 Å². The summed E-state index contributed by atoms with van der Waals surface area (Å²) in [5.41, 5.74) is 4.79. The molecule has 1 fully saturated rings. The largest absolute Gasteiger partial charge is 0.497 e. The zero-order valence-electron chi connectivity index (χ0n) is 24.6. The zero-order valence-corrected chi connectivity index (χ0v) is 24.6. The Labute approximate surface area is 252 Å². The third kappa shape index (κ3) is 4.35. The molecule has 6 nitrogen and oxygen atoms in total. The number of ketones is 1. The number of hydrogen-bond acceptors (Lipinski definition) is 5. The van der Waals surface area contributed by atoms with Crippen molar-refractivity contribution in [1.82, 2.24) is 0 Å². The number of amides is 1. The van der Waals surface area contributed by atoms with E-state index in [1.54, 1.807) is 7.11 Å². The van der Waals surface area contributed by atoms with Crippen molar-refractivity contribution in [3.8, 4) is 5.75 Å². The van der Waals surface area contributed by atoms with Crippen molar-refractivity contribution in [2.75, 3.05) is 17.0 Å². The second-order valence-electron chi connectivity index (χ2n) is 11.8. The van der Waals surface area contributed by atoms with Crippen LogP contribution < -0.4 is 14.6 Å². The molecule has 3 atom stereocenters. The van der Waals surface area contributed by atoms with Crippen LogP contribution >= 0.6 is 0 Å². The summed E-state index contributed by atoms with van der Waals surface area (Å²) >= 11 is 0. The lowest BCUT2D eigenvalue weighted by atomic mass is 9.62. The first-order valence-corrected chi connectivity index (χ1v) is 15.1. The minimum atomic E-state index is -1.35. The Balaban J connectivity index is 1.50. The molecule has 1 aliphatic carbocycles.